The van der Waals surface area contributed by atoms with E-state index in [9.17, 15) is 18.0 Å². The lowest BCUT2D eigenvalue weighted by atomic mass is 10.3. The fourth-order valence-corrected chi connectivity index (χ4v) is 2.22. The molecule has 0 saturated heterocycles. The first-order valence-corrected chi connectivity index (χ1v) is 7.02. The summed E-state index contributed by atoms with van der Waals surface area (Å²) in [6.07, 6.45) is 0.223. The van der Waals surface area contributed by atoms with Crippen molar-refractivity contribution < 1.29 is 22.7 Å². The Labute approximate surface area is 108 Å². The summed E-state index contributed by atoms with van der Waals surface area (Å²) in [6.45, 7) is -0.201. The summed E-state index contributed by atoms with van der Waals surface area (Å²) in [5.41, 5.74) is 0. The molecule has 0 radical (unpaired) electrons. The van der Waals surface area contributed by atoms with Crippen molar-refractivity contribution in [2.45, 2.75) is 12.8 Å². The summed E-state index contributed by atoms with van der Waals surface area (Å²) in [5.74, 6) is -0.925. The van der Waals surface area contributed by atoms with Gasteiger partial charge in [-0.05, 0) is 6.42 Å². The van der Waals surface area contributed by atoms with Crippen LogP contribution in [-0.2, 0) is 24.3 Å². The summed E-state index contributed by atoms with van der Waals surface area (Å²) in [5, 5.41) is 0. The molecule has 0 atom stereocenters. The highest BCUT2D eigenvalue weighted by Crippen LogP contribution is 2.03. The van der Waals surface area contributed by atoms with Crippen molar-refractivity contribution in [1.29, 1.82) is 0 Å². The van der Waals surface area contributed by atoms with Crippen LogP contribution in [-0.4, -0.2) is 70.0 Å². The number of sulfonamides is 1. The van der Waals surface area contributed by atoms with Crippen LogP contribution < -0.4 is 0 Å². The summed E-state index contributed by atoms with van der Waals surface area (Å²) < 4.78 is 28.9. The molecule has 7 nitrogen and oxygen atoms in total. The van der Waals surface area contributed by atoms with E-state index in [1.165, 1.54) is 19.1 Å². The lowest BCUT2D eigenvalue weighted by Gasteiger charge is -2.18. The van der Waals surface area contributed by atoms with Gasteiger partial charge >= 0.3 is 5.97 Å². The van der Waals surface area contributed by atoms with Gasteiger partial charge in [0.15, 0.2) is 0 Å². The highest BCUT2D eigenvalue weighted by molar-refractivity contribution is 7.89. The maximum Gasteiger partial charge on any atom is 0.305 e. The fraction of sp³-hybridized carbons (Fsp3) is 0.800. The van der Waals surface area contributed by atoms with Gasteiger partial charge in [0, 0.05) is 27.6 Å². The maximum absolute atomic E-state index is 11.8. The van der Waals surface area contributed by atoms with E-state index in [0.717, 1.165) is 4.31 Å². The van der Waals surface area contributed by atoms with Gasteiger partial charge in [0.05, 0.1) is 19.4 Å². The van der Waals surface area contributed by atoms with Crippen molar-refractivity contribution in [1.82, 2.24) is 9.21 Å². The largest absolute Gasteiger partial charge is 0.469 e. The van der Waals surface area contributed by atoms with E-state index < -0.39 is 16.0 Å². The van der Waals surface area contributed by atoms with Crippen molar-refractivity contribution in [3.05, 3.63) is 0 Å². The number of carbonyl (C=O) groups excluding carboxylic acids is 2. The third-order valence-electron chi connectivity index (χ3n) is 2.34. The summed E-state index contributed by atoms with van der Waals surface area (Å²) in [7, 11) is 2.19. The molecule has 0 unspecified atom stereocenters. The molecular formula is C10H20N2O5S. The van der Waals surface area contributed by atoms with Gasteiger partial charge in [-0.15, -0.1) is 0 Å². The van der Waals surface area contributed by atoms with Crippen LogP contribution in [0.25, 0.3) is 0 Å². The predicted octanol–water partition coefficient (Wildman–Crippen LogP) is -0.711. The van der Waals surface area contributed by atoms with Gasteiger partial charge in [-0.3, -0.25) is 9.59 Å². The summed E-state index contributed by atoms with van der Waals surface area (Å²) in [4.78, 5) is 23.5. The molecule has 0 aliphatic heterocycles. The normalized spacial score (nSPS) is 11.4. The molecule has 1 amide bonds. The number of hydrogen-bond acceptors (Lipinski definition) is 5. The first-order valence-electron chi connectivity index (χ1n) is 5.41. The Hall–Kier alpha value is -1.15. The molecule has 0 bridgehead atoms. The van der Waals surface area contributed by atoms with Crippen LogP contribution in [0.15, 0.2) is 0 Å². The van der Waals surface area contributed by atoms with E-state index in [4.69, 9.17) is 0 Å². The van der Waals surface area contributed by atoms with Crippen molar-refractivity contribution in [3.63, 3.8) is 0 Å². The third kappa shape index (κ3) is 5.97. The number of ether oxygens (including phenoxy) is 1. The minimum atomic E-state index is -3.51. The smallest absolute Gasteiger partial charge is 0.305 e. The number of esters is 1. The number of nitrogens with zero attached hydrogens (tertiary/aromatic N) is 2. The standard InChI is InChI=1S/C10H20N2O5S/c1-11(2)9(13)8-12(3)18(15,16)7-5-6-10(14)17-4/h5-8H2,1-4H3. The van der Waals surface area contributed by atoms with Gasteiger partial charge in [0.1, 0.15) is 0 Å². The Kier molecular flexibility index (Phi) is 6.85. The SMILES string of the molecule is COC(=O)CCCS(=O)(=O)N(C)CC(=O)N(C)C. The average molecular weight is 280 g/mol. The van der Waals surface area contributed by atoms with Gasteiger partial charge in [0.2, 0.25) is 15.9 Å². The molecule has 18 heavy (non-hydrogen) atoms. The molecule has 0 heterocycles. The highest BCUT2D eigenvalue weighted by Gasteiger charge is 2.21. The Balaban J connectivity index is 4.28. The van der Waals surface area contributed by atoms with Crippen LogP contribution in [0.2, 0.25) is 0 Å². The Bertz CT molecular complexity index is 391. The zero-order valence-electron chi connectivity index (χ0n) is 11.2. The quantitative estimate of drug-likeness (QED) is 0.575. The maximum atomic E-state index is 11.8. The third-order valence-corrected chi connectivity index (χ3v) is 4.23. The van der Waals surface area contributed by atoms with Crippen LogP contribution in [0, 0.1) is 0 Å². The minimum Gasteiger partial charge on any atom is -0.469 e. The van der Waals surface area contributed by atoms with Gasteiger partial charge in [-0.2, -0.15) is 4.31 Å². The Morgan fingerprint density at radius 3 is 2.17 bits per heavy atom. The molecule has 0 aliphatic carbocycles. The van der Waals surface area contributed by atoms with Crippen molar-refractivity contribution in [2.24, 2.45) is 0 Å². The second-order valence-corrected chi connectivity index (χ2v) is 6.24. The van der Waals surface area contributed by atoms with Crippen LogP contribution in [0.4, 0.5) is 0 Å². The summed E-state index contributed by atoms with van der Waals surface area (Å²) in [6, 6.07) is 0. The van der Waals surface area contributed by atoms with Crippen molar-refractivity contribution in [2.75, 3.05) is 40.6 Å². The van der Waals surface area contributed by atoms with E-state index in [0.29, 0.717) is 0 Å². The van der Waals surface area contributed by atoms with Crippen molar-refractivity contribution >= 4 is 21.9 Å². The first kappa shape index (κ1) is 16.9. The molecule has 0 spiro atoms. The molecule has 106 valence electrons. The molecule has 0 aromatic rings. The van der Waals surface area contributed by atoms with Crippen LogP contribution in [0.5, 0.6) is 0 Å². The molecule has 0 N–H and O–H groups in total. The molecule has 0 aromatic heterocycles. The molecule has 8 heteroatoms. The topological polar surface area (TPSA) is 84.0 Å². The van der Waals surface area contributed by atoms with E-state index in [2.05, 4.69) is 4.74 Å². The van der Waals surface area contributed by atoms with Gasteiger partial charge in [-0.25, -0.2) is 8.42 Å². The number of carbonyl (C=O) groups is 2. The molecule has 0 aliphatic rings. The van der Waals surface area contributed by atoms with E-state index >= 15 is 0 Å². The predicted molar refractivity (Wildman–Crippen MR) is 66.4 cm³/mol. The van der Waals surface area contributed by atoms with Crippen LogP contribution >= 0.6 is 0 Å². The van der Waals surface area contributed by atoms with E-state index in [1.54, 1.807) is 14.1 Å². The number of amides is 1. The molecule has 0 saturated carbocycles. The zero-order valence-corrected chi connectivity index (χ0v) is 12.0. The highest BCUT2D eigenvalue weighted by atomic mass is 32.2. The minimum absolute atomic E-state index is 0.0468. The van der Waals surface area contributed by atoms with E-state index in [1.807, 2.05) is 0 Å². The number of likely N-dealkylation sites (N-methyl/N-ethyl adjacent to an activating group) is 2. The van der Waals surface area contributed by atoms with E-state index in [-0.39, 0.29) is 31.0 Å². The van der Waals surface area contributed by atoms with Crippen LogP contribution in [0.1, 0.15) is 12.8 Å². The summed E-state index contributed by atoms with van der Waals surface area (Å²) >= 11 is 0. The first-order chi connectivity index (χ1) is 8.20. The lowest BCUT2D eigenvalue weighted by molar-refractivity contribution is -0.140. The Morgan fingerprint density at radius 2 is 1.72 bits per heavy atom. The second-order valence-electron chi connectivity index (χ2n) is 4.04. The molecular weight excluding hydrogens is 260 g/mol. The second kappa shape index (κ2) is 7.32. The van der Waals surface area contributed by atoms with Crippen molar-refractivity contribution in [3.8, 4) is 0 Å². The average Bonchev–Trinajstić information content (AvgIpc) is 2.28. The van der Waals surface area contributed by atoms with Gasteiger partial charge in [-0.1, -0.05) is 0 Å². The Morgan fingerprint density at radius 1 is 1.17 bits per heavy atom. The van der Waals surface area contributed by atoms with Gasteiger partial charge in [0.25, 0.3) is 0 Å². The number of rotatable bonds is 7. The fourth-order valence-electron chi connectivity index (χ4n) is 1.09. The molecule has 0 fully saturated rings. The molecule has 0 aromatic carbocycles. The van der Waals surface area contributed by atoms with Crippen LogP contribution in [0.3, 0.4) is 0 Å². The monoisotopic (exact) mass is 280 g/mol. The molecule has 0 rings (SSSR count). The van der Waals surface area contributed by atoms with Gasteiger partial charge < -0.3 is 9.64 Å². The number of hydrogen-bond donors (Lipinski definition) is 0. The number of methoxy groups -OCH3 is 1. The lowest BCUT2D eigenvalue weighted by Crippen LogP contribution is -2.38. The zero-order chi connectivity index (χ0) is 14.3.